The summed E-state index contributed by atoms with van der Waals surface area (Å²) in [6, 6.07) is 5.01. The van der Waals surface area contributed by atoms with Gasteiger partial charge in [0.1, 0.15) is 5.15 Å². The SMILES string of the molecule is CC(C)(C)C(=O)C(Br)Oc1cccc(Cl)n1. The molecule has 0 radical (unpaired) electrons. The van der Waals surface area contributed by atoms with Gasteiger partial charge in [0.25, 0.3) is 0 Å². The van der Waals surface area contributed by atoms with Crippen LogP contribution in [0.3, 0.4) is 0 Å². The lowest BCUT2D eigenvalue weighted by Gasteiger charge is -2.20. The molecule has 0 fully saturated rings. The summed E-state index contributed by atoms with van der Waals surface area (Å²) >= 11 is 8.89. The van der Waals surface area contributed by atoms with Crippen LogP contribution < -0.4 is 4.74 Å². The predicted molar refractivity (Wildman–Crippen MR) is 67.1 cm³/mol. The van der Waals surface area contributed by atoms with Gasteiger partial charge in [0.2, 0.25) is 10.9 Å². The van der Waals surface area contributed by atoms with E-state index < -0.39 is 10.4 Å². The van der Waals surface area contributed by atoms with Gasteiger partial charge in [-0.15, -0.1) is 0 Å². The first-order valence-electron chi connectivity index (χ1n) is 4.78. The van der Waals surface area contributed by atoms with Gasteiger partial charge in [0, 0.05) is 11.5 Å². The molecule has 1 aromatic heterocycles. The number of hydrogen-bond donors (Lipinski definition) is 0. The van der Waals surface area contributed by atoms with Crippen LogP contribution in [0.25, 0.3) is 0 Å². The number of halogens is 2. The molecule has 0 amide bonds. The van der Waals surface area contributed by atoms with E-state index in [1.807, 2.05) is 20.8 Å². The molecule has 0 spiro atoms. The van der Waals surface area contributed by atoms with Gasteiger partial charge in [-0.2, -0.15) is 0 Å². The monoisotopic (exact) mass is 305 g/mol. The van der Waals surface area contributed by atoms with Gasteiger partial charge < -0.3 is 4.74 Å². The molecule has 88 valence electrons. The number of aromatic nitrogens is 1. The first-order valence-corrected chi connectivity index (χ1v) is 6.07. The minimum atomic E-state index is -0.710. The van der Waals surface area contributed by atoms with Crippen molar-refractivity contribution >= 4 is 33.3 Å². The van der Waals surface area contributed by atoms with E-state index in [4.69, 9.17) is 16.3 Å². The maximum atomic E-state index is 11.8. The van der Waals surface area contributed by atoms with Crippen molar-refractivity contribution in [1.29, 1.82) is 0 Å². The van der Waals surface area contributed by atoms with Gasteiger partial charge in [-0.3, -0.25) is 4.79 Å². The highest BCUT2D eigenvalue weighted by molar-refractivity contribution is 9.09. The summed E-state index contributed by atoms with van der Waals surface area (Å²) < 4.78 is 5.36. The van der Waals surface area contributed by atoms with Crippen molar-refractivity contribution in [3.8, 4) is 5.88 Å². The number of pyridine rings is 1. The molecule has 3 nitrogen and oxygen atoms in total. The average Bonchev–Trinajstić information content (AvgIpc) is 2.15. The van der Waals surface area contributed by atoms with Crippen LogP contribution in [0.15, 0.2) is 18.2 Å². The number of hydrogen-bond acceptors (Lipinski definition) is 3. The largest absolute Gasteiger partial charge is 0.454 e. The van der Waals surface area contributed by atoms with Crippen molar-refractivity contribution in [2.24, 2.45) is 5.41 Å². The molecule has 1 unspecified atom stereocenters. The molecule has 16 heavy (non-hydrogen) atoms. The number of carbonyl (C=O) groups is 1. The van der Waals surface area contributed by atoms with Crippen LogP contribution in [-0.4, -0.2) is 15.8 Å². The molecular formula is C11H13BrClNO2. The molecule has 1 atom stereocenters. The minimum absolute atomic E-state index is 0.0470. The highest BCUT2D eigenvalue weighted by Gasteiger charge is 2.29. The molecule has 0 aromatic carbocycles. The fraction of sp³-hybridized carbons (Fsp3) is 0.455. The number of alkyl halides is 1. The maximum absolute atomic E-state index is 11.8. The summed E-state index contributed by atoms with van der Waals surface area (Å²) in [4.78, 5) is 15.8. The Morgan fingerprint density at radius 3 is 2.62 bits per heavy atom. The van der Waals surface area contributed by atoms with Gasteiger partial charge in [-0.25, -0.2) is 4.98 Å². The summed E-state index contributed by atoms with van der Waals surface area (Å²) in [5.41, 5.74) is -0.466. The lowest BCUT2D eigenvalue weighted by atomic mass is 9.91. The number of Topliss-reactive ketones (excluding diaryl/α,β-unsaturated/α-hetero) is 1. The van der Waals surface area contributed by atoms with Crippen molar-refractivity contribution in [2.75, 3.05) is 0 Å². The molecule has 0 aliphatic carbocycles. The van der Waals surface area contributed by atoms with Crippen molar-refractivity contribution in [3.05, 3.63) is 23.4 Å². The Morgan fingerprint density at radius 1 is 1.50 bits per heavy atom. The van der Waals surface area contributed by atoms with Gasteiger partial charge in [0.15, 0.2) is 5.78 Å². The normalized spacial score (nSPS) is 13.3. The Kier molecular flexibility index (Phi) is 4.33. The second-order valence-electron chi connectivity index (χ2n) is 4.35. The van der Waals surface area contributed by atoms with E-state index in [1.54, 1.807) is 18.2 Å². The van der Waals surface area contributed by atoms with Crippen LogP contribution in [0.1, 0.15) is 20.8 Å². The summed E-state index contributed by atoms with van der Waals surface area (Å²) in [7, 11) is 0. The molecule has 0 bridgehead atoms. The lowest BCUT2D eigenvalue weighted by molar-refractivity contribution is -0.129. The Morgan fingerprint density at radius 2 is 2.12 bits per heavy atom. The summed E-state index contributed by atoms with van der Waals surface area (Å²) in [5.74, 6) is 0.279. The Hall–Kier alpha value is -0.610. The van der Waals surface area contributed by atoms with Crippen LogP contribution in [0.5, 0.6) is 5.88 Å². The van der Waals surface area contributed by atoms with Crippen molar-refractivity contribution in [1.82, 2.24) is 4.98 Å². The molecule has 1 rings (SSSR count). The van der Waals surface area contributed by atoms with E-state index in [-0.39, 0.29) is 5.78 Å². The molecule has 0 saturated heterocycles. The smallest absolute Gasteiger partial charge is 0.216 e. The van der Waals surface area contributed by atoms with Crippen LogP contribution in [0.2, 0.25) is 5.15 Å². The van der Waals surface area contributed by atoms with E-state index in [9.17, 15) is 4.79 Å². The molecule has 5 heteroatoms. The first-order chi connectivity index (χ1) is 7.30. The number of carbonyl (C=O) groups excluding carboxylic acids is 1. The first kappa shape index (κ1) is 13.5. The molecule has 0 aliphatic rings. The van der Waals surface area contributed by atoms with Crippen LogP contribution in [0.4, 0.5) is 0 Å². The maximum Gasteiger partial charge on any atom is 0.216 e. The summed E-state index contributed by atoms with van der Waals surface area (Å²) in [5, 5.41) is -0.376. The van der Waals surface area contributed by atoms with E-state index in [0.717, 1.165) is 0 Å². The van der Waals surface area contributed by atoms with Gasteiger partial charge in [-0.1, -0.05) is 38.4 Å². The van der Waals surface area contributed by atoms with E-state index in [2.05, 4.69) is 20.9 Å². The number of ketones is 1. The van der Waals surface area contributed by atoms with Crippen LogP contribution in [0, 0.1) is 5.41 Å². The third-order valence-electron chi connectivity index (χ3n) is 1.86. The van der Waals surface area contributed by atoms with Crippen molar-refractivity contribution < 1.29 is 9.53 Å². The quantitative estimate of drug-likeness (QED) is 0.634. The second kappa shape index (κ2) is 5.15. The third kappa shape index (κ3) is 3.76. The molecule has 1 aromatic rings. The Bertz CT molecular complexity index is 390. The highest BCUT2D eigenvalue weighted by atomic mass is 79.9. The zero-order chi connectivity index (χ0) is 12.3. The van der Waals surface area contributed by atoms with Gasteiger partial charge in [0.05, 0.1) is 0 Å². The standard InChI is InChI=1S/C11H13BrClNO2/c1-11(2,3)9(15)10(12)16-8-6-4-5-7(13)14-8/h4-6,10H,1-3H3. The fourth-order valence-electron chi connectivity index (χ4n) is 0.955. The third-order valence-corrected chi connectivity index (χ3v) is 2.67. The van der Waals surface area contributed by atoms with E-state index in [0.29, 0.717) is 11.0 Å². The Balaban J connectivity index is 2.72. The lowest BCUT2D eigenvalue weighted by Crippen LogP contribution is -2.32. The zero-order valence-corrected chi connectivity index (χ0v) is 11.7. The minimum Gasteiger partial charge on any atom is -0.454 e. The summed E-state index contributed by atoms with van der Waals surface area (Å²) in [6.07, 6.45) is 0. The fourth-order valence-corrected chi connectivity index (χ4v) is 1.99. The molecular weight excluding hydrogens is 293 g/mol. The van der Waals surface area contributed by atoms with Crippen molar-refractivity contribution in [3.63, 3.8) is 0 Å². The zero-order valence-electron chi connectivity index (χ0n) is 9.33. The van der Waals surface area contributed by atoms with E-state index in [1.165, 1.54) is 0 Å². The number of rotatable bonds is 3. The molecule has 0 aliphatic heterocycles. The number of nitrogens with zero attached hydrogens (tertiary/aromatic N) is 1. The topological polar surface area (TPSA) is 39.2 Å². The molecule has 0 N–H and O–H groups in total. The highest BCUT2D eigenvalue weighted by Crippen LogP contribution is 2.23. The average molecular weight is 307 g/mol. The predicted octanol–water partition coefficient (Wildman–Crippen LogP) is 3.45. The van der Waals surface area contributed by atoms with Crippen LogP contribution >= 0.6 is 27.5 Å². The van der Waals surface area contributed by atoms with Gasteiger partial charge in [-0.05, 0) is 22.0 Å². The van der Waals surface area contributed by atoms with E-state index >= 15 is 0 Å². The van der Waals surface area contributed by atoms with Crippen LogP contribution in [-0.2, 0) is 4.79 Å². The molecule has 1 heterocycles. The second-order valence-corrected chi connectivity index (χ2v) is 5.57. The van der Waals surface area contributed by atoms with Gasteiger partial charge >= 0.3 is 0 Å². The summed E-state index contributed by atoms with van der Waals surface area (Å²) in [6.45, 7) is 5.50. The molecule has 0 saturated carbocycles. The Labute approximate surface area is 108 Å². The van der Waals surface area contributed by atoms with Crippen molar-refractivity contribution in [2.45, 2.75) is 25.8 Å². The number of ether oxygens (including phenoxy) is 1.